The van der Waals surface area contributed by atoms with E-state index in [-0.39, 0.29) is 11.6 Å². The molecule has 1 aromatic rings. The minimum atomic E-state index is -1.07. The number of amides is 2. The number of anilines is 1. The minimum absolute atomic E-state index is 0.101. The Labute approximate surface area is 120 Å². The molecule has 0 aromatic carbocycles. The predicted molar refractivity (Wildman–Crippen MR) is 74.8 cm³/mol. The van der Waals surface area contributed by atoms with E-state index in [9.17, 15) is 14.4 Å². The first-order valence-corrected chi connectivity index (χ1v) is 7.14. The van der Waals surface area contributed by atoms with Gasteiger partial charge in [-0.25, -0.2) is 9.78 Å². The van der Waals surface area contributed by atoms with E-state index >= 15 is 0 Å². The second-order valence-electron chi connectivity index (χ2n) is 4.09. The number of aliphatic carboxylic acids is 1. The molecule has 1 rings (SSSR count). The molecule has 0 saturated carbocycles. The summed E-state index contributed by atoms with van der Waals surface area (Å²) in [6.45, 7) is 3.54. The van der Waals surface area contributed by atoms with Crippen LogP contribution in [0.3, 0.4) is 0 Å². The van der Waals surface area contributed by atoms with Gasteiger partial charge >= 0.3 is 5.97 Å². The number of carbonyl (C=O) groups is 3. The zero-order chi connectivity index (χ0) is 15.1. The minimum Gasteiger partial charge on any atom is -0.480 e. The average molecular weight is 299 g/mol. The van der Waals surface area contributed by atoms with Crippen molar-refractivity contribution >= 4 is 34.3 Å². The number of carboxylic acids is 1. The van der Waals surface area contributed by atoms with Crippen molar-refractivity contribution in [1.29, 1.82) is 0 Å². The lowest BCUT2D eigenvalue weighted by Gasteiger charge is -2.12. The number of carbonyl (C=O) groups excluding carboxylic acids is 2. The van der Waals surface area contributed by atoms with E-state index in [1.165, 1.54) is 5.38 Å². The van der Waals surface area contributed by atoms with Crippen LogP contribution in [0.4, 0.5) is 5.13 Å². The van der Waals surface area contributed by atoms with Gasteiger partial charge in [-0.15, -0.1) is 11.3 Å². The molecule has 0 aliphatic heterocycles. The van der Waals surface area contributed by atoms with Crippen molar-refractivity contribution in [3.05, 3.63) is 11.1 Å². The van der Waals surface area contributed by atoms with Gasteiger partial charge in [0.15, 0.2) is 5.13 Å². The van der Waals surface area contributed by atoms with E-state index in [4.69, 9.17) is 5.11 Å². The molecule has 0 fully saturated rings. The zero-order valence-corrected chi connectivity index (χ0v) is 12.1. The van der Waals surface area contributed by atoms with Crippen LogP contribution in [0.5, 0.6) is 0 Å². The van der Waals surface area contributed by atoms with Crippen LogP contribution in [-0.2, 0) is 9.59 Å². The van der Waals surface area contributed by atoms with Crippen LogP contribution in [0, 0.1) is 0 Å². The van der Waals surface area contributed by atoms with Crippen LogP contribution in [0.25, 0.3) is 0 Å². The van der Waals surface area contributed by atoms with E-state index in [0.29, 0.717) is 24.4 Å². The van der Waals surface area contributed by atoms with Gasteiger partial charge in [0.05, 0.1) is 0 Å². The highest BCUT2D eigenvalue weighted by Crippen LogP contribution is 2.15. The molecule has 8 heteroatoms. The molecule has 0 aliphatic carbocycles. The molecule has 7 nitrogen and oxygen atoms in total. The Bertz CT molecular complexity index is 501. The van der Waals surface area contributed by atoms with Crippen LogP contribution in [-0.4, -0.2) is 33.9 Å². The van der Waals surface area contributed by atoms with Gasteiger partial charge in [0, 0.05) is 11.8 Å². The lowest BCUT2D eigenvalue weighted by molar-refractivity contribution is -0.139. The molecule has 0 spiro atoms. The lowest BCUT2D eigenvalue weighted by Crippen LogP contribution is -2.40. The maximum Gasteiger partial charge on any atom is 0.326 e. The van der Waals surface area contributed by atoms with Gasteiger partial charge < -0.3 is 15.7 Å². The SMILES string of the molecule is CCCC(NC(=O)c1csc(NC(=O)CC)n1)C(=O)O. The molecule has 0 saturated heterocycles. The Hall–Kier alpha value is -1.96. The molecule has 1 heterocycles. The second-order valence-corrected chi connectivity index (χ2v) is 4.95. The van der Waals surface area contributed by atoms with Crippen molar-refractivity contribution in [3.63, 3.8) is 0 Å². The molecular formula is C12H17N3O4S. The Kier molecular flexibility index (Phi) is 6.10. The summed E-state index contributed by atoms with van der Waals surface area (Å²) < 4.78 is 0. The summed E-state index contributed by atoms with van der Waals surface area (Å²) in [5, 5.41) is 15.7. The lowest BCUT2D eigenvalue weighted by atomic mass is 10.1. The molecule has 1 atom stereocenters. The normalized spacial score (nSPS) is 11.7. The molecule has 3 N–H and O–H groups in total. The molecule has 2 amide bonds. The summed E-state index contributed by atoms with van der Waals surface area (Å²) in [6.07, 6.45) is 1.31. The fraction of sp³-hybridized carbons (Fsp3) is 0.500. The number of hydrogen-bond acceptors (Lipinski definition) is 5. The maximum absolute atomic E-state index is 11.9. The van der Waals surface area contributed by atoms with Crippen molar-refractivity contribution in [2.45, 2.75) is 39.2 Å². The molecule has 1 unspecified atom stereocenters. The van der Waals surface area contributed by atoms with Gasteiger partial charge in [0.25, 0.3) is 5.91 Å². The second kappa shape index (κ2) is 7.59. The Morgan fingerprint density at radius 3 is 2.65 bits per heavy atom. The van der Waals surface area contributed by atoms with Gasteiger partial charge in [-0.1, -0.05) is 20.3 Å². The third kappa shape index (κ3) is 4.61. The van der Waals surface area contributed by atoms with E-state index < -0.39 is 17.9 Å². The number of aromatic nitrogens is 1. The third-order valence-corrected chi connectivity index (χ3v) is 3.24. The molecule has 0 radical (unpaired) electrons. The van der Waals surface area contributed by atoms with Crippen molar-refractivity contribution in [2.75, 3.05) is 5.32 Å². The van der Waals surface area contributed by atoms with Crippen LogP contribution in [0.1, 0.15) is 43.6 Å². The summed E-state index contributed by atoms with van der Waals surface area (Å²) in [6, 6.07) is -0.928. The number of carboxylic acid groups (broad SMARTS) is 1. The van der Waals surface area contributed by atoms with Crippen molar-refractivity contribution in [3.8, 4) is 0 Å². The van der Waals surface area contributed by atoms with Gasteiger partial charge in [-0.3, -0.25) is 9.59 Å². The highest BCUT2D eigenvalue weighted by atomic mass is 32.1. The van der Waals surface area contributed by atoms with Gasteiger partial charge in [-0.05, 0) is 6.42 Å². The topological polar surface area (TPSA) is 108 Å². The average Bonchev–Trinajstić information content (AvgIpc) is 2.86. The summed E-state index contributed by atoms with van der Waals surface area (Å²) in [7, 11) is 0. The number of thiazole rings is 1. The van der Waals surface area contributed by atoms with Crippen molar-refractivity contribution < 1.29 is 19.5 Å². The monoisotopic (exact) mass is 299 g/mol. The molecule has 0 bridgehead atoms. The van der Waals surface area contributed by atoms with Crippen LogP contribution in [0.15, 0.2) is 5.38 Å². The van der Waals surface area contributed by atoms with Gasteiger partial charge in [0.1, 0.15) is 11.7 Å². The first kappa shape index (κ1) is 16.1. The van der Waals surface area contributed by atoms with E-state index in [2.05, 4.69) is 15.6 Å². The third-order valence-electron chi connectivity index (χ3n) is 2.49. The van der Waals surface area contributed by atoms with E-state index in [1.807, 2.05) is 6.92 Å². The van der Waals surface area contributed by atoms with Crippen molar-refractivity contribution in [1.82, 2.24) is 10.3 Å². The standard InChI is InChI=1S/C12H17N3O4S/c1-3-5-7(11(18)19)13-10(17)8-6-20-12(14-8)15-9(16)4-2/h6-7H,3-5H2,1-2H3,(H,13,17)(H,18,19)(H,14,15,16). The molecule has 1 aromatic heterocycles. The summed E-state index contributed by atoms with van der Waals surface area (Å²) in [5.41, 5.74) is 0.101. The first-order chi connectivity index (χ1) is 9.47. The highest BCUT2D eigenvalue weighted by Gasteiger charge is 2.21. The number of hydrogen-bond donors (Lipinski definition) is 3. The summed E-state index contributed by atoms with van der Waals surface area (Å²) in [5.74, 6) is -1.82. The summed E-state index contributed by atoms with van der Waals surface area (Å²) >= 11 is 1.12. The Balaban J connectivity index is 2.67. The molecule has 110 valence electrons. The Morgan fingerprint density at radius 2 is 2.10 bits per heavy atom. The maximum atomic E-state index is 11.9. The van der Waals surface area contributed by atoms with Crippen LogP contribution >= 0.6 is 11.3 Å². The zero-order valence-electron chi connectivity index (χ0n) is 11.3. The van der Waals surface area contributed by atoms with Crippen molar-refractivity contribution in [2.24, 2.45) is 0 Å². The fourth-order valence-corrected chi connectivity index (χ4v) is 2.13. The predicted octanol–water partition coefficient (Wildman–Crippen LogP) is 1.47. The Morgan fingerprint density at radius 1 is 1.40 bits per heavy atom. The fourth-order valence-electron chi connectivity index (χ4n) is 1.42. The first-order valence-electron chi connectivity index (χ1n) is 6.27. The van der Waals surface area contributed by atoms with Crippen LogP contribution < -0.4 is 10.6 Å². The van der Waals surface area contributed by atoms with E-state index in [1.54, 1.807) is 6.92 Å². The number of nitrogens with one attached hydrogen (secondary N) is 2. The van der Waals surface area contributed by atoms with Gasteiger partial charge in [-0.2, -0.15) is 0 Å². The summed E-state index contributed by atoms with van der Waals surface area (Å²) in [4.78, 5) is 38.0. The number of rotatable bonds is 7. The highest BCUT2D eigenvalue weighted by molar-refractivity contribution is 7.14. The smallest absolute Gasteiger partial charge is 0.326 e. The van der Waals surface area contributed by atoms with Gasteiger partial charge in [0.2, 0.25) is 5.91 Å². The number of nitrogens with zero attached hydrogens (tertiary/aromatic N) is 1. The quantitative estimate of drug-likeness (QED) is 0.706. The molecule has 0 aliphatic rings. The largest absolute Gasteiger partial charge is 0.480 e. The molecular weight excluding hydrogens is 282 g/mol. The molecule has 20 heavy (non-hydrogen) atoms. The van der Waals surface area contributed by atoms with E-state index in [0.717, 1.165) is 11.3 Å². The van der Waals surface area contributed by atoms with Crippen LogP contribution in [0.2, 0.25) is 0 Å².